The molecule has 0 spiro atoms. The van der Waals surface area contributed by atoms with Gasteiger partial charge in [0.15, 0.2) is 0 Å². The minimum atomic E-state index is -4.79. The first-order chi connectivity index (χ1) is 29.8. The fraction of sp³-hybridized carbons (Fsp3) is 0.822. The van der Waals surface area contributed by atoms with Gasteiger partial charge in [0.2, 0.25) is 0 Å². The van der Waals surface area contributed by atoms with Crippen molar-refractivity contribution in [3.63, 3.8) is 0 Å². The largest absolute Gasteiger partial charge is 0.472 e. The summed E-state index contributed by atoms with van der Waals surface area (Å²) in [6, 6.07) is 0. The summed E-state index contributed by atoms with van der Waals surface area (Å²) in [5.74, 6) is -1.01. The van der Waals surface area contributed by atoms with Gasteiger partial charge in [-0.05, 0) is 51.4 Å². The summed E-state index contributed by atoms with van der Waals surface area (Å²) in [6.07, 6.45) is 35.6. The molecule has 0 aliphatic rings. The Hall–Kier alpha value is -1.74. The van der Waals surface area contributed by atoms with Crippen LogP contribution in [-0.2, 0) is 46.3 Å². The summed E-state index contributed by atoms with van der Waals surface area (Å²) in [5, 5.41) is 30.0. The predicted molar refractivity (Wildman–Crippen MR) is 242 cm³/mol. The molecule has 5 atom stereocenters. The molecule has 5 N–H and O–H groups in total. The molecule has 0 aromatic rings. The maximum absolute atomic E-state index is 12.1. The summed E-state index contributed by atoms with van der Waals surface area (Å²) in [4.78, 5) is 43.7. The van der Waals surface area contributed by atoms with Crippen molar-refractivity contribution in [2.45, 2.75) is 199 Å². The molecule has 0 bridgehead atoms. The molecule has 62 heavy (non-hydrogen) atoms. The van der Waals surface area contributed by atoms with Crippen LogP contribution < -0.4 is 0 Å². The van der Waals surface area contributed by atoms with E-state index in [-0.39, 0.29) is 12.8 Å². The summed E-state index contributed by atoms with van der Waals surface area (Å²) in [7, 11) is -9.56. The van der Waals surface area contributed by atoms with E-state index < -0.39 is 85.5 Å². The summed E-state index contributed by atoms with van der Waals surface area (Å²) >= 11 is 0. The van der Waals surface area contributed by atoms with Gasteiger partial charge in [-0.25, -0.2) is 9.13 Å². The van der Waals surface area contributed by atoms with Crippen LogP contribution in [0.4, 0.5) is 0 Å². The van der Waals surface area contributed by atoms with Crippen molar-refractivity contribution in [1.82, 2.24) is 0 Å². The Balaban J connectivity index is 3.91. The molecule has 0 radical (unpaired) electrons. The third-order valence-corrected chi connectivity index (χ3v) is 11.5. The van der Waals surface area contributed by atoms with E-state index in [0.717, 1.165) is 70.6 Å². The molecular weight excluding hydrogens is 842 g/mol. The number of phosphoric ester groups is 2. The lowest BCUT2D eigenvalue weighted by molar-refractivity contribution is -0.148. The molecule has 0 saturated heterocycles. The second kappa shape index (κ2) is 41.9. The quantitative estimate of drug-likeness (QED) is 0.0166. The topological polar surface area (TPSA) is 225 Å². The van der Waals surface area contributed by atoms with E-state index in [4.69, 9.17) is 9.47 Å². The zero-order chi connectivity index (χ0) is 46.0. The van der Waals surface area contributed by atoms with Crippen LogP contribution in [0.25, 0.3) is 0 Å². The van der Waals surface area contributed by atoms with Crippen LogP contribution in [0.3, 0.4) is 0 Å². The lowest BCUT2D eigenvalue weighted by atomic mass is 10.1. The number of ether oxygens (including phenoxy) is 2. The molecule has 0 rings (SSSR count). The van der Waals surface area contributed by atoms with E-state index in [1.807, 2.05) is 0 Å². The first kappa shape index (κ1) is 60.3. The van der Waals surface area contributed by atoms with E-state index in [2.05, 4.69) is 68.4 Å². The minimum absolute atomic E-state index is 0.182. The van der Waals surface area contributed by atoms with Crippen LogP contribution in [0.1, 0.15) is 181 Å². The molecule has 0 amide bonds. The molecule has 364 valence electrons. The second-order valence-corrected chi connectivity index (χ2v) is 18.7. The predicted octanol–water partition coefficient (Wildman–Crippen LogP) is 10.3. The highest BCUT2D eigenvalue weighted by Gasteiger charge is 2.28. The molecule has 0 saturated carbocycles. The van der Waals surface area contributed by atoms with Gasteiger partial charge < -0.3 is 34.6 Å². The maximum atomic E-state index is 12.1. The highest BCUT2D eigenvalue weighted by molar-refractivity contribution is 7.47. The van der Waals surface area contributed by atoms with Crippen molar-refractivity contribution in [1.29, 1.82) is 0 Å². The maximum Gasteiger partial charge on any atom is 0.472 e. The molecule has 5 unspecified atom stereocenters. The van der Waals surface area contributed by atoms with Crippen LogP contribution in [0.2, 0.25) is 0 Å². The van der Waals surface area contributed by atoms with Crippen LogP contribution in [-0.4, -0.2) is 95.0 Å². The van der Waals surface area contributed by atoms with Crippen molar-refractivity contribution in [2.24, 2.45) is 0 Å². The van der Waals surface area contributed by atoms with Gasteiger partial charge >= 0.3 is 27.6 Å². The number of rotatable bonds is 45. The summed E-state index contributed by atoms with van der Waals surface area (Å²) in [5.41, 5.74) is 0. The monoisotopic (exact) mass is 927 g/mol. The van der Waals surface area contributed by atoms with E-state index in [1.54, 1.807) is 0 Å². The molecule has 0 aromatic heterocycles. The molecule has 0 fully saturated rings. The highest BCUT2D eigenvalue weighted by atomic mass is 31.2. The summed E-state index contributed by atoms with van der Waals surface area (Å²) in [6.45, 7) is 0.367. The van der Waals surface area contributed by atoms with Gasteiger partial charge in [-0.15, -0.1) is 0 Å². The Morgan fingerprint density at radius 3 is 1.06 bits per heavy atom. The molecule has 15 nitrogen and oxygen atoms in total. The SMILES string of the molecule is CCCCC/C=C\C/C=C\C/C=C\CCCCCCCCC(=O)OCC(O)COP(=O)(O)OCC(O)COP(=O)(O)OCC(O)COC(=O)CCCCCCCCCCCCC. The van der Waals surface area contributed by atoms with Crippen molar-refractivity contribution in [3.05, 3.63) is 36.5 Å². The van der Waals surface area contributed by atoms with Crippen LogP contribution in [0.15, 0.2) is 36.5 Å². The average Bonchev–Trinajstić information content (AvgIpc) is 3.24. The Morgan fingerprint density at radius 1 is 0.419 bits per heavy atom. The van der Waals surface area contributed by atoms with E-state index >= 15 is 0 Å². The Kier molecular flexibility index (Phi) is 40.8. The van der Waals surface area contributed by atoms with Gasteiger partial charge in [0.05, 0.1) is 26.4 Å². The van der Waals surface area contributed by atoms with E-state index in [9.17, 15) is 43.8 Å². The molecule has 0 aliphatic carbocycles. The zero-order valence-electron chi connectivity index (χ0n) is 38.0. The number of aliphatic hydroxyl groups is 3. The molecular formula is C45H84O15P2. The number of carbonyl (C=O) groups is 2. The van der Waals surface area contributed by atoms with Gasteiger partial charge in [-0.2, -0.15) is 0 Å². The third-order valence-electron chi connectivity index (χ3n) is 9.60. The number of hydrogen-bond acceptors (Lipinski definition) is 13. The number of carbonyl (C=O) groups excluding carboxylic acids is 2. The van der Waals surface area contributed by atoms with Gasteiger partial charge in [-0.1, -0.05) is 153 Å². The van der Waals surface area contributed by atoms with Crippen LogP contribution in [0.5, 0.6) is 0 Å². The molecule has 17 heteroatoms. The smallest absolute Gasteiger partial charge is 0.463 e. The lowest BCUT2D eigenvalue weighted by Gasteiger charge is -2.19. The number of unbranched alkanes of at least 4 members (excludes halogenated alkanes) is 19. The normalized spacial score (nSPS) is 15.5. The molecule has 0 heterocycles. The Morgan fingerprint density at radius 2 is 0.694 bits per heavy atom. The fourth-order valence-electron chi connectivity index (χ4n) is 5.92. The number of esters is 2. The Labute approximate surface area is 373 Å². The molecule has 0 aliphatic heterocycles. The van der Waals surface area contributed by atoms with E-state index in [1.165, 1.54) is 70.6 Å². The van der Waals surface area contributed by atoms with Crippen molar-refractivity contribution in [2.75, 3.05) is 39.6 Å². The zero-order valence-corrected chi connectivity index (χ0v) is 39.8. The lowest BCUT2D eigenvalue weighted by Crippen LogP contribution is -2.25. The summed E-state index contributed by atoms with van der Waals surface area (Å²) < 4.78 is 52.9. The van der Waals surface area contributed by atoms with Gasteiger partial charge in [0.25, 0.3) is 0 Å². The number of hydrogen-bond donors (Lipinski definition) is 5. The third kappa shape index (κ3) is 43.5. The highest BCUT2D eigenvalue weighted by Crippen LogP contribution is 2.45. The Bertz CT molecular complexity index is 1260. The fourth-order valence-corrected chi connectivity index (χ4v) is 7.52. The van der Waals surface area contributed by atoms with Gasteiger partial charge in [0.1, 0.15) is 31.5 Å². The van der Waals surface area contributed by atoms with Crippen LogP contribution in [0, 0.1) is 0 Å². The van der Waals surface area contributed by atoms with Crippen LogP contribution >= 0.6 is 15.6 Å². The first-order valence-electron chi connectivity index (χ1n) is 23.3. The number of aliphatic hydroxyl groups excluding tert-OH is 3. The van der Waals surface area contributed by atoms with Crippen molar-refractivity contribution in [3.8, 4) is 0 Å². The average molecular weight is 927 g/mol. The number of allylic oxidation sites excluding steroid dienone is 6. The minimum Gasteiger partial charge on any atom is -0.463 e. The second-order valence-electron chi connectivity index (χ2n) is 15.8. The van der Waals surface area contributed by atoms with Gasteiger partial charge in [-0.3, -0.25) is 27.7 Å². The van der Waals surface area contributed by atoms with Crippen molar-refractivity contribution >= 4 is 27.6 Å². The standard InChI is InChI=1S/C45H84O15P2/c1-3-5-7-9-11-13-15-16-17-18-19-20-21-22-24-26-28-30-32-34-45(50)56-36-42(47)38-58-62(53,54)60-40-43(48)39-59-61(51,52)57-37-41(46)35-55-44(49)33-31-29-27-25-23-14-12-10-8-6-4-2/h11,13,16-17,19-20,41-43,46-48H,3-10,12,14-15,18,21-40H2,1-2H3,(H,51,52)(H,53,54)/b13-11-,17-16-,20-19-. The van der Waals surface area contributed by atoms with Crippen molar-refractivity contribution < 1.29 is 71.4 Å². The number of phosphoric acid groups is 2. The first-order valence-corrected chi connectivity index (χ1v) is 26.3. The molecule has 0 aromatic carbocycles. The van der Waals surface area contributed by atoms with E-state index in [0.29, 0.717) is 12.8 Å². The van der Waals surface area contributed by atoms with Gasteiger partial charge in [0, 0.05) is 12.8 Å².